The van der Waals surface area contributed by atoms with E-state index in [4.69, 9.17) is 4.42 Å². The van der Waals surface area contributed by atoms with Crippen molar-refractivity contribution in [3.63, 3.8) is 0 Å². The lowest BCUT2D eigenvalue weighted by Crippen LogP contribution is -2.47. The second-order valence-corrected chi connectivity index (χ2v) is 8.13. The van der Waals surface area contributed by atoms with Crippen LogP contribution in [-0.2, 0) is 5.54 Å². The Kier molecular flexibility index (Phi) is 2.73. The van der Waals surface area contributed by atoms with Gasteiger partial charge in [0.25, 0.3) is 0 Å². The van der Waals surface area contributed by atoms with E-state index in [0.717, 1.165) is 17.7 Å². The molecule has 0 radical (unpaired) electrons. The third kappa shape index (κ3) is 1.72. The molecular weight excluding hydrogens is 332 g/mol. The predicted molar refractivity (Wildman–Crippen MR) is 112 cm³/mol. The van der Waals surface area contributed by atoms with E-state index in [9.17, 15) is 0 Å². The van der Waals surface area contributed by atoms with Crippen molar-refractivity contribution in [2.75, 3.05) is 16.3 Å². The van der Waals surface area contributed by atoms with Gasteiger partial charge in [-0.2, -0.15) is 0 Å². The highest BCUT2D eigenvalue weighted by atomic mass is 16.3. The first-order valence-electron chi connectivity index (χ1n) is 9.66. The molecule has 2 unspecified atom stereocenters. The summed E-state index contributed by atoms with van der Waals surface area (Å²) in [4.78, 5) is 5.10. The van der Waals surface area contributed by atoms with Crippen LogP contribution in [0.25, 0.3) is 21.9 Å². The van der Waals surface area contributed by atoms with Crippen molar-refractivity contribution >= 4 is 33.3 Å². The molecule has 4 aromatic rings. The van der Waals surface area contributed by atoms with E-state index in [1.54, 1.807) is 0 Å². The van der Waals surface area contributed by atoms with Crippen LogP contribution in [0.4, 0.5) is 11.4 Å². The number of anilines is 2. The van der Waals surface area contributed by atoms with Crippen molar-refractivity contribution in [3.8, 4) is 0 Å². The number of furan rings is 1. The summed E-state index contributed by atoms with van der Waals surface area (Å²) in [6, 6.07) is 21.6. The Labute approximate surface area is 158 Å². The van der Waals surface area contributed by atoms with Gasteiger partial charge in [0.1, 0.15) is 5.58 Å². The third-order valence-electron chi connectivity index (χ3n) is 6.59. The number of hydrogen-bond acceptors (Lipinski definition) is 3. The van der Waals surface area contributed by atoms with Crippen molar-refractivity contribution in [1.29, 1.82) is 0 Å². The van der Waals surface area contributed by atoms with Crippen LogP contribution in [0.15, 0.2) is 65.1 Å². The van der Waals surface area contributed by atoms with Gasteiger partial charge >= 0.3 is 0 Å². The second kappa shape index (κ2) is 4.86. The molecule has 6 rings (SSSR count). The lowest BCUT2D eigenvalue weighted by Gasteiger charge is -2.43. The van der Waals surface area contributed by atoms with E-state index in [1.807, 2.05) is 6.07 Å². The summed E-state index contributed by atoms with van der Waals surface area (Å²) in [5.74, 6) is 0. The molecule has 2 aliphatic heterocycles. The van der Waals surface area contributed by atoms with Gasteiger partial charge in [0.2, 0.25) is 0 Å². The largest absolute Gasteiger partial charge is 0.454 e. The van der Waals surface area contributed by atoms with E-state index < -0.39 is 0 Å². The van der Waals surface area contributed by atoms with E-state index in [-0.39, 0.29) is 5.54 Å². The molecule has 1 aromatic heterocycles. The van der Waals surface area contributed by atoms with Gasteiger partial charge in [-0.1, -0.05) is 48.5 Å². The summed E-state index contributed by atoms with van der Waals surface area (Å²) in [5.41, 5.74) is 7.21. The molecule has 3 aromatic carbocycles. The van der Waals surface area contributed by atoms with E-state index in [0.29, 0.717) is 6.17 Å². The highest BCUT2D eigenvalue weighted by molar-refractivity contribution is 6.10. The van der Waals surface area contributed by atoms with Gasteiger partial charge in [0.05, 0.1) is 17.4 Å². The zero-order chi connectivity index (χ0) is 18.3. The Bertz CT molecular complexity index is 1220. The molecule has 0 N–H and O–H groups in total. The summed E-state index contributed by atoms with van der Waals surface area (Å²) in [5, 5.41) is 2.39. The summed E-state index contributed by atoms with van der Waals surface area (Å²) < 4.78 is 6.41. The molecular formula is C24H22N2O. The van der Waals surface area contributed by atoms with Gasteiger partial charge in [0.15, 0.2) is 5.58 Å². The van der Waals surface area contributed by atoms with Gasteiger partial charge in [0, 0.05) is 28.6 Å². The maximum atomic E-state index is 6.41. The fourth-order valence-electron chi connectivity index (χ4n) is 5.38. The van der Waals surface area contributed by atoms with Crippen LogP contribution >= 0.6 is 0 Å². The lowest BCUT2D eigenvalue weighted by molar-refractivity contribution is 0.509. The Morgan fingerprint density at radius 1 is 0.963 bits per heavy atom. The number of fused-ring (bicyclic) bond motifs is 8. The molecule has 3 heterocycles. The maximum Gasteiger partial charge on any atom is 0.159 e. The van der Waals surface area contributed by atoms with Crippen LogP contribution in [0, 0.1) is 6.92 Å². The normalized spacial score (nSPS) is 23.6. The van der Waals surface area contributed by atoms with Gasteiger partial charge in [-0.25, -0.2) is 0 Å². The van der Waals surface area contributed by atoms with Gasteiger partial charge in [-0.15, -0.1) is 0 Å². The predicted octanol–water partition coefficient (Wildman–Crippen LogP) is 5.80. The zero-order valence-corrected chi connectivity index (χ0v) is 15.9. The summed E-state index contributed by atoms with van der Waals surface area (Å²) in [6.45, 7) is 7.90. The van der Waals surface area contributed by atoms with Crippen LogP contribution in [0.3, 0.4) is 0 Å². The first-order valence-corrected chi connectivity index (χ1v) is 9.66. The number of rotatable bonds is 1. The summed E-state index contributed by atoms with van der Waals surface area (Å²) in [6.07, 6.45) is 0.294. The first kappa shape index (κ1) is 15.2. The average molecular weight is 354 g/mol. The highest BCUT2D eigenvalue weighted by Crippen LogP contribution is 2.54. The Balaban J connectivity index is 1.66. The molecule has 0 aliphatic carbocycles. The maximum absolute atomic E-state index is 6.41. The van der Waals surface area contributed by atoms with Crippen molar-refractivity contribution in [3.05, 3.63) is 71.8 Å². The fraction of sp³-hybridized carbons (Fsp3) is 0.250. The molecule has 134 valence electrons. The topological polar surface area (TPSA) is 19.6 Å². The molecule has 1 saturated heterocycles. The van der Waals surface area contributed by atoms with Crippen LogP contribution in [-0.4, -0.2) is 12.7 Å². The van der Waals surface area contributed by atoms with Crippen LogP contribution in [0.5, 0.6) is 0 Å². The molecule has 3 nitrogen and oxygen atoms in total. The van der Waals surface area contributed by atoms with Gasteiger partial charge < -0.3 is 14.2 Å². The zero-order valence-electron chi connectivity index (χ0n) is 15.9. The standard InChI is InChI=1S/C24H22N2O/c1-15-12-13-18-17-8-4-7-11-21(17)27-23(18)22(15)26-16(2)25-14-24(26,3)19-9-5-6-10-20(19)25/h4-13,16H,14H2,1-3H3. The van der Waals surface area contributed by atoms with Crippen molar-refractivity contribution in [2.24, 2.45) is 0 Å². The Hall–Kier alpha value is -2.94. The number of hydrogen-bond donors (Lipinski definition) is 0. The van der Waals surface area contributed by atoms with Crippen LogP contribution in [0.2, 0.25) is 0 Å². The minimum atomic E-state index is -0.0476. The average Bonchev–Trinajstić information content (AvgIpc) is 3.28. The molecule has 2 aliphatic rings. The number of benzene rings is 3. The minimum absolute atomic E-state index is 0.0476. The summed E-state index contributed by atoms with van der Waals surface area (Å²) >= 11 is 0. The molecule has 0 saturated carbocycles. The van der Waals surface area contributed by atoms with E-state index in [1.165, 1.54) is 33.3 Å². The SMILES string of the molecule is Cc1ccc2c(oc3ccccc32)c1N1C(C)N2CC1(C)c1ccccc12. The molecule has 27 heavy (non-hydrogen) atoms. The number of para-hydroxylation sites is 2. The smallest absolute Gasteiger partial charge is 0.159 e. The molecule has 2 atom stereocenters. The molecule has 3 heteroatoms. The van der Waals surface area contributed by atoms with Crippen molar-refractivity contribution < 1.29 is 4.42 Å². The second-order valence-electron chi connectivity index (χ2n) is 8.13. The summed E-state index contributed by atoms with van der Waals surface area (Å²) in [7, 11) is 0. The van der Waals surface area contributed by atoms with E-state index >= 15 is 0 Å². The van der Waals surface area contributed by atoms with Gasteiger partial charge in [-0.3, -0.25) is 0 Å². The van der Waals surface area contributed by atoms with Gasteiger partial charge in [-0.05, 0) is 38.5 Å². The van der Waals surface area contributed by atoms with E-state index in [2.05, 4.69) is 85.2 Å². The van der Waals surface area contributed by atoms with Crippen LogP contribution < -0.4 is 9.80 Å². The number of nitrogens with zero attached hydrogens (tertiary/aromatic N) is 2. The van der Waals surface area contributed by atoms with Crippen molar-refractivity contribution in [1.82, 2.24) is 0 Å². The molecule has 0 amide bonds. The minimum Gasteiger partial charge on any atom is -0.454 e. The highest BCUT2D eigenvalue weighted by Gasteiger charge is 2.54. The molecule has 2 bridgehead atoms. The Morgan fingerprint density at radius 3 is 2.63 bits per heavy atom. The number of aryl methyl sites for hydroxylation is 1. The lowest BCUT2D eigenvalue weighted by atomic mass is 9.90. The molecule has 0 spiro atoms. The Morgan fingerprint density at radius 2 is 1.74 bits per heavy atom. The monoisotopic (exact) mass is 354 g/mol. The first-order chi connectivity index (χ1) is 13.1. The fourth-order valence-corrected chi connectivity index (χ4v) is 5.38. The van der Waals surface area contributed by atoms with Crippen molar-refractivity contribution in [2.45, 2.75) is 32.5 Å². The molecule has 1 fully saturated rings. The van der Waals surface area contributed by atoms with Crippen LogP contribution in [0.1, 0.15) is 25.0 Å². The quantitative estimate of drug-likeness (QED) is 0.431. The third-order valence-corrected chi connectivity index (χ3v) is 6.59.